The van der Waals surface area contributed by atoms with Gasteiger partial charge in [-0.2, -0.15) is 0 Å². The molecular formula is C13H17ClN2S. The van der Waals surface area contributed by atoms with Crippen LogP contribution in [0.3, 0.4) is 0 Å². The minimum Gasteiger partial charge on any atom is -0.389 e. The van der Waals surface area contributed by atoms with E-state index < -0.39 is 0 Å². The molecule has 1 aliphatic rings. The Bertz CT molecular complexity index is 425. The number of hydrogen-bond donors (Lipinski definition) is 1. The lowest BCUT2D eigenvalue weighted by molar-refractivity contribution is 0.438. The molecule has 0 amide bonds. The van der Waals surface area contributed by atoms with Gasteiger partial charge in [0.25, 0.3) is 0 Å². The number of benzene rings is 1. The molecule has 1 aliphatic heterocycles. The van der Waals surface area contributed by atoms with E-state index in [2.05, 4.69) is 11.8 Å². The predicted molar refractivity (Wildman–Crippen MR) is 78.0 cm³/mol. The zero-order chi connectivity index (χ0) is 12.4. The van der Waals surface area contributed by atoms with Crippen LogP contribution >= 0.6 is 23.8 Å². The highest BCUT2D eigenvalue weighted by atomic mass is 35.5. The Morgan fingerprint density at radius 2 is 2.06 bits per heavy atom. The lowest BCUT2D eigenvalue weighted by Gasteiger charge is -2.33. The van der Waals surface area contributed by atoms with Crippen LogP contribution in [-0.4, -0.2) is 18.1 Å². The van der Waals surface area contributed by atoms with Crippen LogP contribution in [0.25, 0.3) is 0 Å². The molecule has 1 fully saturated rings. The van der Waals surface area contributed by atoms with Crippen molar-refractivity contribution in [2.75, 3.05) is 18.0 Å². The van der Waals surface area contributed by atoms with E-state index in [9.17, 15) is 0 Å². The molecule has 1 saturated heterocycles. The van der Waals surface area contributed by atoms with Gasteiger partial charge in [-0.3, -0.25) is 0 Å². The normalized spacial score (nSPS) is 17.2. The van der Waals surface area contributed by atoms with E-state index >= 15 is 0 Å². The summed E-state index contributed by atoms with van der Waals surface area (Å²) >= 11 is 11.2. The summed E-state index contributed by atoms with van der Waals surface area (Å²) in [4.78, 5) is 2.77. The van der Waals surface area contributed by atoms with Crippen molar-refractivity contribution in [2.45, 2.75) is 19.8 Å². The molecule has 4 heteroatoms. The predicted octanol–water partition coefficient (Wildman–Crippen LogP) is 3.21. The first-order chi connectivity index (χ1) is 8.08. The Hall–Kier alpha value is -0.800. The van der Waals surface area contributed by atoms with Gasteiger partial charge in [0.15, 0.2) is 0 Å². The fourth-order valence-corrected chi connectivity index (χ4v) is 2.56. The number of hydrogen-bond acceptors (Lipinski definition) is 2. The molecule has 1 aromatic carbocycles. The number of nitrogens with two attached hydrogens (primary N) is 1. The van der Waals surface area contributed by atoms with Crippen molar-refractivity contribution < 1.29 is 0 Å². The van der Waals surface area contributed by atoms with Gasteiger partial charge in [0.1, 0.15) is 4.99 Å². The van der Waals surface area contributed by atoms with Crippen LogP contribution in [0, 0.1) is 5.92 Å². The maximum Gasteiger partial charge on any atom is 0.106 e. The number of piperidine rings is 1. The quantitative estimate of drug-likeness (QED) is 0.836. The molecular weight excluding hydrogens is 252 g/mol. The monoisotopic (exact) mass is 268 g/mol. The Balaban J connectivity index is 2.30. The van der Waals surface area contributed by atoms with Crippen molar-refractivity contribution in [3.05, 3.63) is 28.8 Å². The number of anilines is 1. The van der Waals surface area contributed by atoms with Gasteiger partial charge in [0.05, 0.1) is 0 Å². The zero-order valence-electron chi connectivity index (χ0n) is 9.95. The molecule has 0 unspecified atom stereocenters. The standard InChI is InChI=1S/C13H17ClN2S/c1-9-4-6-16(7-5-9)12-8-10(14)2-3-11(12)13(15)17/h2-3,8-9H,4-7H2,1H3,(H2,15,17). The summed E-state index contributed by atoms with van der Waals surface area (Å²) in [5, 5.41) is 0.735. The van der Waals surface area contributed by atoms with Gasteiger partial charge in [-0.1, -0.05) is 30.7 Å². The number of halogens is 1. The van der Waals surface area contributed by atoms with E-state index in [1.54, 1.807) is 0 Å². The highest BCUT2D eigenvalue weighted by Crippen LogP contribution is 2.28. The van der Waals surface area contributed by atoms with Crippen LogP contribution in [0.2, 0.25) is 5.02 Å². The zero-order valence-corrected chi connectivity index (χ0v) is 11.5. The van der Waals surface area contributed by atoms with Crippen LogP contribution in [0.15, 0.2) is 18.2 Å². The molecule has 0 atom stereocenters. The molecule has 0 aliphatic carbocycles. The van der Waals surface area contributed by atoms with E-state index in [0.717, 1.165) is 35.3 Å². The summed E-state index contributed by atoms with van der Waals surface area (Å²) < 4.78 is 0. The smallest absolute Gasteiger partial charge is 0.106 e. The maximum absolute atomic E-state index is 6.06. The molecule has 0 spiro atoms. The fourth-order valence-electron chi connectivity index (χ4n) is 2.22. The van der Waals surface area contributed by atoms with Crippen molar-refractivity contribution in [3.8, 4) is 0 Å². The average molecular weight is 269 g/mol. The minimum atomic E-state index is 0.440. The summed E-state index contributed by atoms with van der Waals surface area (Å²) in [6.07, 6.45) is 2.42. The molecule has 2 nitrogen and oxygen atoms in total. The third-order valence-corrected chi connectivity index (χ3v) is 3.80. The van der Waals surface area contributed by atoms with Crippen molar-refractivity contribution in [1.29, 1.82) is 0 Å². The number of rotatable bonds is 2. The highest BCUT2D eigenvalue weighted by molar-refractivity contribution is 7.80. The average Bonchev–Trinajstić information content (AvgIpc) is 2.29. The van der Waals surface area contributed by atoms with Crippen LogP contribution in [0.1, 0.15) is 25.3 Å². The van der Waals surface area contributed by atoms with Crippen molar-refractivity contribution in [2.24, 2.45) is 11.7 Å². The molecule has 0 saturated carbocycles. The Morgan fingerprint density at radius 3 is 2.65 bits per heavy atom. The van der Waals surface area contributed by atoms with E-state index in [-0.39, 0.29) is 0 Å². The third kappa shape index (κ3) is 2.90. The van der Waals surface area contributed by atoms with E-state index in [4.69, 9.17) is 29.6 Å². The van der Waals surface area contributed by atoms with Crippen molar-refractivity contribution in [3.63, 3.8) is 0 Å². The topological polar surface area (TPSA) is 29.3 Å². The van der Waals surface area contributed by atoms with Crippen LogP contribution < -0.4 is 10.6 Å². The second-order valence-corrected chi connectivity index (χ2v) is 5.57. The SMILES string of the molecule is CC1CCN(c2cc(Cl)ccc2C(N)=S)CC1. The van der Waals surface area contributed by atoms with Crippen molar-refractivity contribution in [1.82, 2.24) is 0 Å². The summed E-state index contributed by atoms with van der Waals surface area (Å²) in [6, 6.07) is 5.72. The Morgan fingerprint density at radius 1 is 1.41 bits per heavy atom. The van der Waals surface area contributed by atoms with Crippen molar-refractivity contribution >= 4 is 34.5 Å². The highest BCUT2D eigenvalue weighted by Gasteiger charge is 2.19. The first-order valence-corrected chi connectivity index (χ1v) is 6.71. The van der Waals surface area contributed by atoms with Gasteiger partial charge < -0.3 is 10.6 Å². The van der Waals surface area contributed by atoms with Gasteiger partial charge >= 0.3 is 0 Å². The Labute approximate surface area is 113 Å². The van der Waals surface area contributed by atoms with E-state index in [1.165, 1.54) is 12.8 Å². The van der Waals surface area contributed by atoms with Gasteiger partial charge in [-0.25, -0.2) is 0 Å². The number of nitrogens with zero attached hydrogens (tertiary/aromatic N) is 1. The lowest BCUT2D eigenvalue weighted by Crippen LogP contribution is -2.34. The second-order valence-electron chi connectivity index (χ2n) is 4.70. The van der Waals surface area contributed by atoms with Crippen LogP contribution in [0.4, 0.5) is 5.69 Å². The Kier molecular flexibility index (Phi) is 3.89. The fraction of sp³-hybridized carbons (Fsp3) is 0.462. The second kappa shape index (κ2) is 5.23. The van der Waals surface area contributed by atoms with E-state index in [0.29, 0.717) is 4.99 Å². The molecule has 0 bridgehead atoms. The summed E-state index contributed by atoms with van der Waals surface area (Å²) in [5.74, 6) is 0.804. The summed E-state index contributed by atoms with van der Waals surface area (Å²) in [6.45, 7) is 4.40. The molecule has 0 radical (unpaired) electrons. The molecule has 1 heterocycles. The van der Waals surface area contributed by atoms with Gasteiger partial charge in [0, 0.05) is 29.4 Å². The molecule has 2 rings (SSSR count). The van der Waals surface area contributed by atoms with Gasteiger partial charge in [-0.15, -0.1) is 0 Å². The third-order valence-electron chi connectivity index (χ3n) is 3.35. The molecule has 1 aromatic rings. The largest absolute Gasteiger partial charge is 0.389 e. The first kappa shape index (κ1) is 12.7. The first-order valence-electron chi connectivity index (χ1n) is 5.92. The lowest BCUT2D eigenvalue weighted by atomic mass is 9.98. The molecule has 17 heavy (non-hydrogen) atoms. The number of thiocarbonyl (C=S) groups is 1. The minimum absolute atomic E-state index is 0.440. The molecule has 0 aromatic heterocycles. The van der Waals surface area contributed by atoms with Gasteiger partial charge in [-0.05, 0) is 37.0 Å². The summed E-state index contributed by atoms with van der Waals surface area (Å²) in [5.41, 5.74) is 7.77. The summed E-state index contributed by atoms with van der Waals surface area (Å²) in [7, 11) is 0. The molecule has 92 valence electrons. The molecule has 2 N–H and O–H groups in total. The maximum atomic E-state index is 6.06. The van der Waals surface area contributed by atoms with E-state index in [1.807, 2.05) is 18.2 Å². The van der Waals surface area contributed by atoms with Crippen LogP contribution in [0.5, 0.6) is 0 Å². The van der Waals surface area contributed by atoms with Crippen LogP contribution in [-0.2, 0) is 0 Å². The van der Waals surface area contributed by atoms with Gasteiger partial charge in [0.2, 0.25) is 0 Å².